The van der Waals surface area contributed by atoms with Gasteiger partial charge in [-0.05, 0) is 29.8 Å². The van der Waals surface area contributed by atoms with Gasteiger partial charge in [0.05, 0.1) is 10.5 Å². The van der Waals surface area contributed by atoms with Gasteiger partial charge in [-0.15, -0.1) is 0 Å². The first-order chi connectivity index (χ1) is 11.0. The molecule has 0 unspecified atom stereocenters. The molecule has 0 radical (unpaired) electrons. The molecule has 0 atom stereocenters. The normalized spacial score (nSPS) is 9.91. The largest absolute Gasteiger partial charge is 0.478 e. The van der Waals surface area contributed by atoms with Gasteiger partial charge in [0.25, 0.3) is 5.69 Å². The summed E-state index contributed by atoms with van der Waals surface area (Å²) in [4.78, 5) is 32.5. The van der Waals surface area contributed by atoms with Crippen molar-refractivity contribution < 1.29 is 19.6 Å². The molecule has 3 N–H and O–H groups in total. The van der Waals surface area contributed by atoms with Crippen LogP contribution in [0.3, 0.4) is 0 Å². The van der Waals surface area contributed by atoms with Crippen LogP contribution in [0.1, 0.15) is 15.9 Å². The fourth-order valence-electron chi connectivity index (χ4n) is 1.79. The molecule has 0 fully saturated rings. The summed E-state index contributed by atoms with van der Waals surface area (Å²) in [5.74, 6) is -1.01. The number of nitrogens with one attached hydrogen (secondary N) is 2. The van der Waals surface area contributed by atoms with Gasteiger partial charge in [0.2, 0.25) is 0 Å². The van der Waals surface area contributed by atoms with Crippen LogP contribution in [0.15, 0.2) is 48.5 Å². The van der Waals surface area contributed by atoms with Crippen molar-refractivity contribution >= 4 is 23.4 Å². The zero-order valence-electron chi connectivity index (χ0n) is 11.9. The van der Waals surface area contributed by atoms with Crippen LogP contribution >= 0.6 is 0 Å². The maximum Gasteiger partial charge on any atom is 0.335 e. The van der Waals surface area contributed by atoms with Gasteiger partial charge >= 0.3 is 12.0 Å². The summed E-state index contributed by atoms with van der Waals surface area (Å²) < 4.78 is 0. The number of carbonyl (C=O) groups is 2. The Balaban J connectivity index is 1.87. The number of carboxylic acid groups (broad SMARTS) is 1. The number of nitro benzene ring substituents is 1. The smallest absolute Gasteiger partial charge is 0.335 e. The lowest BCUT2D eigenvalue weighted by atomic mass is 10.1. The molecule has 0 aliphatic carbocycles. The summed E-state index contributed by atoms with van der Waals surface area (Å²) >= 11 is 0. The van der Waals surface area contributed by atoms with E-state index in [1.165, 1.54) is 36.4 Å². The van der Waals surface area contributed by atoms with Crippen LogP contribution < -0.4 is 10.6 Å². The lowest BCUT2D eigenvalue weighted by molar-refractivity contribution is -0.384. The second-order valence-electron chi connectivity index (χ2n) is 4.61. The molecule has 0 saturated carbocycles. The Bertz CT molecular complexity index is 726. The van der Waals surface area contributed by atoms with Crippen LogP contribution in [0, 0.1) is 10.1 Å². The van der Waals surface area contributed by atoms with Crippen molar-refractivity contribution in [1.82, 2.24) is 5.32 Å². The molecular weight excluding hydrogens is 302 g/mol. The predicted octanol–water partition coefficient (Wildman–Crippen LogP) is 2.61. The van der Waals surface area contributed by atoms with E-state index >= 15 is 0 Å². The van der Waals surface area contributed by atoms with E-state index in [9.17, 15) is 19.7 Å². The number of aromatic carboxylic acids is 1. The minimum atomic E-state index is -1.01. The lowest BCUT2D eigenvalue weighted by Gasteiger charge is -2.08. The van der Waals surface area contributed by atoms with Crippen molar-refractivity contribution in [3.8, 4) is 0 Å². The van der Waals surface area contributed by atoms with Crippen molar-refractivity contribution in [1.29, 1.82) is 0 Å². The number of nitro groups is 1. The van der Waals surface area contributed by atoms with Crippen molar-refractivity contribution in [2.75, 3.05) is 5.32 Å². The maximum absolute atomic E-state index is 11.7. The van der Waals surface area contributed by atoms with E-state index in [1.807, 2.05) is 0 Å². The summed E-state index contributed by atoms with van der Waals surface area (Å²) in [6, 6.07) is 11.1. The molecule has 8 nitrogen and oxygen atoms in total. The molecule has 118 valence electrons. The average Bonchev–Trinajstić information content (AvgIpc) is 2.54. The number of benzene rings is 2. The number of carboxylic acids is 1. The molecular formula is C15H13N3O5. The number of hydrogen-bond acceptors (Lipinski definition) is 4. The van der Waals surface area contributed by atoms with Gasteiger partial charge in [0.1, 0.15) is 0 Å². The van der Waals surface area contributed by atoms with Crippen LogP contribution in [0.25, 0.3) is 0 Å². The first-order valence-corrected chi connectivity index (χ1v) is 6.57. The monoisotopic (exact) mass is 315 g/mol. The first kappa shape index (κ1) is 16.0. The summed E-state index contributed by atoms with van der Waals surface area (Å²) in [6.45, 7) is 0.221. The highest BCUT2D eigenvalue weighted by molar-refractivity contribution is 5.89. The van der Waals surface area contributed by atoms with Crippen LogP contribution in [0.4, 0.5) is 16.2 Å². The minimum Gasteiger partial charge on any atom is -0.478 e. The molecule has 0 saturated heterocycles. The van der Waals surface area contributed by atoms with Gasteiger partial charge in [0, 0.05) is 24.4 Å². The Morgan fingerprint density at radius 2 is 1.65 bits per heavy atom. The molecule has 0 aliphatic rings. The Labute approximate surface area is 130 Å². The number of carbonyl (C=O) groups excluding carboxylic acids is 1. The van der Waals surface area contributed by atoms with Crippen LogP contribution in [0.2, 0.25) is 0 Å². The molecule has 2 aromatic rings. The number of rotatable bonds is 5. The van der Waals surface area contributed by atoms with E-state index in [0.717, 1.165) is 5.56 Å². The summed E-state index contributed by atoms with van der Waals surface area (Å²) in [5.41, 5.74) is 1.28. The summed E-state index contributed by atoms with van der Waals surface area (Å²) in [5, 5.41) is 24.5. The van der Waals surface area contributed by atoms with Crippen molar-refractivity contribution in [2.45, 2.75) is 6.54 Å². The number of amides is 2. The zero-order chi connectivity index (χ0) is 16.8. The lowest BCUT2D eigenvalue weighted by Crippen LogP contribution is -2.28. The predicted molar refractivity (Wildman–Crippen MR) is 82.4 cm³/mol. The fraction of sp³-hybridized carbons (Fsp3) is 0.0667. The van der Waals surface area contributed by atoms with Crippen molar-refractivity contribution in [3.05, 3.63) is 69.8 Å². The van der Waals surface area contributed by atoms with E-state index in [2.05, 4.69) is 10.6 Å². The summed E-state index contributed by atoms with van der Waals surface area (Å²) in [7, 11) is 0. The van der Waals surface area contributed by atoms with E-state index in [1.54, 1.807) is 12.1 Å². The van der Waals surface area contributed by atoms with Gasteiger partial charge < -0.3 is 15.7 Å². The van der Waals surface area contributed by atoms with Crippen LogP contribution in [-0.4, -0.2) is 22.0 Å². The number of urea groups is 1. The molecule has 0 heterocycles. The third-order valence-electron chi connectivity index (χ3n) is 2.99. The summed E-state index contributed by atoms with van der Waals surface area (Å²) in [6.07, 6.45) is 0. The van der Waals surface area contributed by atoms with Gasteiger partial charge in [-0.25, -0.2) is 9.59 Å². The zero-order valence-corrected chi connectivity index (χ0v) is 11.9. The van der Waals surface area contributed by atoms with Gasteiger partial charge in [-0.1, -0.05) is 12.1 Å². The quantitative estimate of drug-likeness (QED) is 0.578. The Morgan fingerprint density at radius 3 is 2.17 bits per heavy atom. The van der Waals surface area contributed by atoms with E-state index in [4.69, 9.17) is 5.11 Å². The number of hydrogen-bond donors (Lipinski definition) is 3. The van der Waals surface area contributed by atoms with E-state index in [-0.39, 0.29) is 17.8 Å². The topological polar surface area (TPSA) is 122 Å². The molecule has 0 aliphatic heterocycles. The Hall–Kier alpha value is -3.42. The molecule has 8 heteroatoms. The maximum atomic E-state index is 11.7. The molecule has 0 bridgehead atoms. The standard InChI is InChI=1S/C15H13N3O5/c19-14(20)11-3-1-10(2-4-11)9-16-15(21)17-12-5-7-13(8-6-12)18(22)23/h1-8H,9H2,(H,19,20)(H2,16,17,21). The number of nitrogens with zero attached hydrogens (tertiary/aromatic N) is 1. The molecule has 0 spiro atoms. The third kappa shape index (κ3) is 4.53. The highest BCUT2D eigenvalue weighted by Gasteiger charge is 2.07. The fourth-order valence-corrected chi connectivity index (χ4v) is 1.79. The van der Waals surface area contributed by atoms with E-state index in [0.29, 0.717) is 5.69 Å². The first-order valence-electron chi connectivity index (χ1n) is 6.57. The molecule has 2 aromatic carbocycles. The SMILES string of the molecule is O=C(NCc1ccc(C(=O)O)cc1)Nc1ccc([N+](=O)[O-])cc1. The van der Waals surface area contributed by atoms with Crippen LogP contribution in [0.5, 0.6) is 0 Å². The average molecular weight is 315 g/mol. The number of anilines is 1. The third-order valence-corrected chi connectivity index (χ3v) is 2.99. The Kier molecular flexibility index (Phi) is 4.88. The molecule has 2 amide bonds. The molecule has 0 aromatic heterocycles. The number of non-ortho nitro benzene ring substituents is 1. The second kappa shape index (κ2) is 7.03. The van der Waals surface area contributed by atoms with E-state index < -0.39 is 16.9 Å². The Morgan fingerprint density at radius 1 is 1.04 bits per heavy atom. The van der Waals surface area contributed by atoms with Gasteiger partial charge in [-0.3, -0.25) is 10.1 Å². The molecule has 23 heavy (non-hydrogen) atoms. The van der Waals surface area contributed by atoms with Crippen LogP contribution in [-0.2, 0) is 6.54 Å². The minimum absolute atomic E-state index is 0.0607. The van der Waals surface area contributed by atoms with Crippen molar-refractivity contribution in [2.24, 2.45) is 0 Å². The second-order valence-corrected chi connectivity index (χ2v) is 4.61. The molecule has 2 rings (SSSR count). The van der Waals surface area contributed by atoms with Gasteiger partial charge in [0.15, 0.2) is 0 Å². The van der Waals surface area contributed by atoms with Crippen molar-refractivity contribution in [3.63, 3.8) is 0 Å². The highest BCUT2D eigenvalue weighted by atomic mass is 16.6. The van der Waals surface area contributed by atoms with Gasteiger partial charge in [-0.2, -0.15) is 0 Å². The highest BCUT2D eigenvalue weighted by Crippen LogP contribution is 2.15.